The molecule has 0 aliphatic carbocycles. The average molecular weight is 260 g/mol. The molecule has 0 aromatic heterocycles. The van der Waals surface area contributed by atoms with Crippen molar-refractivity contribution >= 4 is 0 Å². The first-order chi connectivity index (χ1) is 9.06. The Kier molecular flexibility index (Phi) is 5.00. The van der Waals surface area contributed by atoms with E-state index in [4.69, 9.17) is 0 Å². The van der Waals surface area contributed by atoms with Crippen LogP contribution in [-0.4, -0.2) is 31.1 Å². The van der Waals surface area contributed by atoms with Gasteiger partial charge in [-0.15, -0.1) is 0 Å². The molecule has 1 saturated heterocycles. The molecule has 1 heterocycles. The second-order valence-electron chi connectivity index (χ2n) is 6.18. The molecule has 1 fully saturated rings. The Morgan fingerprint density at radius 1 is 1.21 bits per heavy atom. The van der Waals surface area contributed by atoms with Crippen molar-refractivity contribution < 1.29 is 0 Å². The van der Waals surface area contributed by atoms with Crippen LogP contribution in [0.3, 0.4) is 0 Å². The lowest BCUT2D eigenvalue weighted by molar-refractivity contribution is 0.340. The van der Waals surface area contributed by atoms with Crippen LogP contribution in [0.1, 0.15) is 48.9 Å². The van der Waals surface area contributed by atoms with Gasteiger partial charge in [0.15, 0.2) is 0 Å². The summed E-state index contributed by atoms with van der Waals surface area (Å²) >= 11 is 0. The van der Waals surface area contributed by atoms with Crippen LogP contribution in [0.25, 0.3) is 0 Å². The van der Waals surface area contributed by atoms with E-state index >= 15 is 0 Å². The maximum Gasteiger partial charge on any atom is 0.0297 e. The summed E-state index contributed by atoms with van der Waals surface area (Å²) in [5.41, 5.74) is 4.21. The molecule has 1 N–H and O–H groups in total. The lowest BCUT2D eigenvalue weighted by Crippen LogP contribution is -2.32. The van der Waals surface area contributed by atoms with Gasteiger partial charge in [-0.3, -0.25) is 0 Å². The molecule has 1 aliphatic heterocycles. The summed E-state index contributed by atoms with van der Waals surface area (Å²) in [6.45, 7) is 9.16. The van der Waals surface area contributed by atoms with Gasteiger partial charge in [0.2, 0.25) is 0 Å². The molecule has 0 spiro atoms. The SMILES string of the molecule is Cc1ccc(C)c(C(C)NC2CCCN(C)CC2)c1. The minimum absolute atomic E-state index is 0.452. The normalized spacial score (nSPS) is 23.1. The highest BCUT2D eigenvalue weighted by Gasteiger charge is 2.18. The van der Waals surface area contributed by atoms with Gasteiger partial charge in [0.25, 0.3) is 0 Å². The number of aryl methyl sites for hydroxylation is 2. The van der Waals surface area contributed by atoms with Gasteiger partial charge in [0, 0.05) is 12.1 Å². The molecule has 2 nitrogen and oxygen atoms in total. The van der Waals surface area contributed by atoms with E-state index in [1.165, 1.54) is 49.0 Å². The van der Waals surface area contributed by atoms with Gasteiger partial charge in [0.1, 0.15) is 0 Å². The van der Waals surface area contributed by atoms with Crippen molar-refractivity contribution in [2.75, 3.05) is 20.1 Å². The van der Waals surface area contributed by atoms with E-state index in [1.54, 1.807) is 0 Å². The lowest BCUT2D eigenvalue weighted by Gasteiger charge is -2.24. The molecule has 0 radical (unpaired) electrons. The summed E-state index contributed by atoms with van der Waals surface area (Å²) in [5.74, 6) is 0. The Bertz CT molecular complexity index is 414. The van der Waals surface area contributed by atoms with Crippen LogP contribution >= 0.6 is 0 Å². The Morgan fingerprint density at radius 2 is 2.00 bits per heavy atom. The summed E-state index contributed by atoms with van der Waals surface area (Å²) in [6, 6.07) is 7.89. The topological polar surface area (TPSA) is 15.3 Å². The molecular formula is C17H28N2. The van der Waals surface area contributed by atoms with Gasteiger partial charge >= 0.3 is 0 Å². The van der Waals surface area contributed by atoms with Crippen LogP contribution in [0.2, 0.25) is 0 Å². The molecule has 0 amide bonds. The summed E-state index contributed by atoms with van der Waals surface area (Å²) in [5, 5.41) is 3.84. The number of hydrogen-bond acceptors (Lipinski definition) is 2. The van der Waals surface area contributed by atoms with E-state index in [-0.39, 0.29) is 0 Å². The number of rotatable bonds is 3. The van der Waals surface area contributed by atoms with Crippen LogP contribution in [-0.2, 0) is 0 Å². The van der Waals surface area contributed by atoms with Crippen LogP contribution in [0.15, 0.2) is 18.2 Å². The molecule has 19 heavy (non-hydrogen) atoms. The smallest absolute Gasteiger partial charge is 0.0297 e. The number of likely N-dealkylation sites (tertiary alicyclic amines) is 1. The zero-order chi connectivity index (χ0) is 13.8. The highest BCUT2D eigenvalue weighted by molar-refractivity contribution is 5.32. The molecule has 2 rings (SSSR count). The van der Waals surface area contributed by atoms with Gasteiger partial charge in [-0.1, -0.05) is 23.8 Å². The third-order valence-electron chi connectivity index (χ3n) is 4.34. The van der Waals surface area contributed by atoms with Crippen LogP contribution in [0.5, 0.6) is 0 Å². The van der Waals surface area contributed by atoms with Crippen LogP contribution in [0.4, 0.5) is 0 Å². The molecule has 1 aromatic carbocycles. The van der Waals surface area contributed by atoms with Gasteiger partial charge in [-0.05, 0) is 71.3 Å². The minimum Gasteiger partial charge on any atom is -0.307 e. The fourth-order valence-corrected chi connectivity index (χ4v) is 3.08. The Labute approximate surface area is 118 Å². The Morgan fingerprint density at radius 3 is 2.79 bits per heavy atom. The van der Waals surface area contributed by atoms with Gasteiger partial charge in [0.05, 0.1) is 0 Å². The molecular weight excluding hydrogens is 232 g/mol. The van der Waals surface area contributed by atoms with Crippen LogP contribution in [0, 0.1) is 13.8 Å². The third kappa shape index (κ3) is 4.05. The summed E-state index contributed by atoms with van der Waals surface area (Å²) < 4.78 is 0. The first-order valence-corrected chi connectivity index (χ1v) is 7.58. The monoisotopic (exact) mass is 260 g/mol. The Hall–Kier alpha value is -0.860. The number of hydrogen-bond donors (Lipinski definition) is 1. The number of nitrogens with one attached hydrogen (secondary N) is 1. The van der Waals surface area contributed by atoms with E-state index < -0.39 is 0 Å². The fourth-order valence-electron chi connectivity index (χ4n) is 3.08. The van der Waals surface area contributed by atoms with Crippen molar-refractivity contribution in [3.63, 3.8) is 0 Å². The largest absolute Gasteiger partial charge is 0.307 e. The number of nitrogens with zero attached hydrogens (tertiary/aromatic N) is 1. The first-order valence-electron chi connectivity index (χ1n) is 7.58. The second kappa shape index (κ2) is 6.53. The van der Waals surface area contributed by atoms with E-state index in [1.807, 2.05) is 0 Å². The highest BCUT2D eigenvalue weighted by Crippen LogP contribution is 2.21. The molecule has 2 unspecified atom stereocenters. The average Bonchev–Trinajstić information content (AvgIpc) is 2.57. The van der Waals surface area contributed by atoms with E-state index in [0.29, 0.717) is 12.1 Å². The van der Waals surface area contributed by atoms with E-state index in [0.717, 1.165) is 0 Å². The highest BCUT2D eigenvalue weighted by atomic mass is 15.1. The minimum atomic E-state index is 0.452. The standard InChI is InChI=1S/C17H28N2/c1-13-7-8-14(2)17(12-13)15(3)18-16-6-5-10-19(4)11-9-16/h7-8,12,15-16,18H,5-6,9-11H2,1-4H3. The van der Waals surface area contributed by atoms with Gasteiger partial charge in [-0.2, -0.15) is 0 Å². The zero-order valence-electron chi connectivity index (χ0n) is 12.9. The molecule has 0 bridgehead atoms. The maximum absolute atomic E-state index is 3.84. The molecule has 1 aliphatic rings. The molecule has 0 saturated carbocycles. The molecule has 1 aromatic rings. The van der Waals surface area contributed by atoms with Crippen molar-refractivity contribution in [1.82, 2.24) is 10.2 Å². The predicted octanol–water partition coefficient (Wildman–Crippen LogP) is 3.44. The van der Waals surface area contributed by atoms with Crippen molar-refractivity contribution in [1.29, 1.82) is 0 Å². The Balaban J connectivity index is 2.00. The number of benzene rings is 1. The van der Waals surface area contributed by atoms with Crippen LogP contribution < -0.4 is 5.32 Å². The van der Waals surface area contributed by atoms with Crippen molar-refractivity contribution in [3.8, 4) is 0 Å². The second-order valence-corrected chi connectivity index (χ2v) is 6.18. The summed E-state index contributed by atoms with van der Waals surface area (Å²) in [7, 11) is 2.23. The summed E-state index contributed by atoms with van der Waals surface area (Å²) in [4.78, 5) is 2.45. The van der Waals surface area contributed by atoms with Crippen molar-refractivity contribution in [2.45, 2.75) is 52.1 Å². The summed E-state index contributed by atoms with van der Waals surface area (Å²) in [6.07, 6.45) is 3.89. The van der Waals surface area contributed by atoms with E-state index in [9.17, 15) is 0 Å². The van der Waals surface area contributed by atoms with Gasteiger partial charge < -0.3 is 10.2 Å². The zero-order valence-corrected chi connectivity index (χ0v) is 12.9. The van der Waals surface area contributed by atoms with E-state index in [2.05, 4.69) is 56.2 Å². The lowest BCUT2D eigenvalue weighted by atomic mass is 9.98. The maximum atomic E-state index is 3.84. The van der Waals surface area contributed by atoms with Crippen molar-refractivity contribution in [3.05, 3.63) is 34.9 Å². The van der Waals surface area contributed by atoms with Gasteiger partial charge in [-0.25, -0.2) is 0 Å². The third-order valence-corrected chi connectivity index (χ3v) is 4.34. The predicted molar refractivity (Wildman–Crippen MR) is 82.6 cm³/mol. The fraction of sp³-hybridized carbons (Fsp3) is 0.647. The molecule has 2 atom stereocenters. The molecule has 2 heteroatoms. The quantitative estimate of drug-likeness (QED) is 0.895. The molecule has 106 valence electrons. The van der Waals surface area contributed by atoms with Crippen molar-refractivity contribution in [2.24, 2.45) is 0 Å². The first kappa shape index (κ1) is 14.5.